The molecule has 29 heavy (non-hydrogen) atoms. The molecule has 1 aromatic heterocycles. The third kappa shape index (κ3) is 4.06. The second kappa shape index (κ2) is 7.99. The Hall–Kier alpha value is -2.66. The third-order valence-corrected chi connectivity index (χ3v) is 6.44. The molecule has 150 valence electrons. The van der Waals surface area contributed by atoms with Crippen molar-refractivity contribution in [1.82, 2.24) is 0 Å². The summed E-state index contributed by atoms with van der Waals surface area (Å²) in [5.74, 6) is -0.301. The molecule has 0 aliphatic carbocycles. The van der Waals surface area contributed by atoms with Crippen molar-refractivity contribution in [3.05, 3.63) is 74.7 Å². The van der Waals surface area contributed by atoms with E-state index in [-0.39, 0.29) is 18.2 Å². The molecule has 2 aromatic carbocycles. The quantitative estimate of drug-likeness (QED) is 0.550. The van der Waals surface area contributed by atoms with Crippen molar-refractivity contribution >= 4 is 17.3 Å². The van der Waals surface area contributed by atoms with Gasteiger partial charge in [-0.05, 0) is 55.5 Å². The second-order valence-corrected chi connectivity index (χ2v) is 9.04. The largest absolute Gasteiger partial charge is 0.493 e. The van der Waals surface area contributed by atoms with E-state index in [0.717, 1.165) is 27.3 Å². The lowest BCUT2D eigenvalue weighted by atomic mass is 9.95. The standard InChI is InChI=1S/C24H23FO3S/c1-14-10-21(15(2)29-14)20-5-3-4-17(24(20)25)8-6-16-7-9-19-18(12-23(26)27)13-28-22(19)11-16/h3-5,7,9-11,18H,6,8,12-13H2,1-2H3,(H,26,27)/t18-/m1/s1. The van der Waals surface area contributed by atoms with E-state index in [0.29, 0.717) is 30.6 Å². The van der Waals surface area contributed by atoms with Crippen molar-refractivity contribution in [3.63, 3.8) is 0 Å². The van der Waals surface area contributed by atoms with Crippen LogP contribution in [0, 0.1) is 19.7 Å². The van der Waals surface area contributed by atoms with E-state index in [9.17, 15) is 4.79 Å². The van der Waals surface area contributed by atoms with Gasteiger partial charge in [0.15, 0.2) is 0 Å². The summed E-state index contributed by atoms with van der Waals surface area (Å²) >= 11 is 1.69. The van der Waals surface area contributed by atoms with E-state index in [1.807, 2.05) is 56.3 Å². The number of hydrogen-bond acceptors (Lipinski definition) is 3. The summed E-state index contributed by atoms with van der Waals surface area (Å²) in [4.78, 5) is 13.3. The Morgan fingerprint density at radius 3 is 2.72 bits per heavy atom. The summed E-state index contributed by atoms with van der Waals surface area (Å²) < 4.78 is 20.9. The van der Waals surface area contributed by atoms with Gasteiger partial charge in [-0.15, -0.1) is 11.3 Å². The summed E-state index contributed by atoms with van der Waals surface area (Å²) in [7, 11) is 0. The molecule has 0 radical (unpaired) electrons. The molecule has 1 N–H and O–H groups in total. The topological polar surface area (TPSA) is 46.5 Å². The van der Waals surface area contributed by atoms with Gasteiger partial charge in [0.2, 0.25) is 0 Å². The maximum Gasteiger partial charge on any atom is 0.304 e. The smallest absolute Gasteiger partial charge is 0.304 e. The highest BCUT2D eigenvalue weighted by Gasteiger charge is 2.26. The zero-order valence-corrected chi connectivity index (χ0v) is 17.3. The van der Waals surface area contributed by atoms with Crippen LogP contribution in [-0.2, 0) is 17.6 Å². The van der Waals surface area contributed by atoms with Crippen molar-refractivity contribution in [2.75, 3.05) is 6.61 Å². The molecule has 0 spiro atoms. The van der Waals surface area contributed by atoms with Crippen molar-refractivity contribution < 1.29 is 19.0 Å². The number of carboxylic acid groups (broad SMARTS) is 1. The lowest BCUT2D eigenvalue weighted by molar-refractivity contribution is -0.137. The molecule has 5 heteroatoms. The van der Waals surface area contributed by atoms with E-state index < -0.39 is 5.97 Å². The molecule has 0 bridgehead atoms. The third-order valence-electron chi connectivity index (χ3n) is 5.47. The zero-order chi connectivity index (χ0) is 20.5. The van der Waals surface area contributed by atoms with Crippen LogP contribution in [-0.4, -0.2) is 17.7 Å². The van der Waals surface area contributed by atoms with E-state index in [1.165, 1.54) is 4.88 Å². The number of fused-ring (bicyclic) bond motifs is 1. The molecule has 3 aromatic rings. The maximum atomic E-state index is 15.2. The molecule has 3 nitrogen and oxygen atoms in total. The van der Waals surface area contributed by atoms with Gasteiger partial charge in [0.25, 0.3) is 0 Å². The molecule has 1 atom stereocenters. The van der Waals surface area contributed by atoms with Crippen LogP contribution < -0.4 is 4.74 Å². The summed E-state index contributed by atoms with van der Waals surface area (Å²) in [6, 6.07) is 13.6. The van der Waals surface area contributed by atoms with Gasteiger partial charge in [0.05, 0.1) is 13.0 Å². The first-order chi connectivity index (χ1) is 13.9. The van der Waals surface area contributed by atoms with Gasteiger partial charge < -0.3 is 9.84 Å². The molecule has 2 heterocycles. The van der Waals surface area contributed by atoms with Crippen LogP contribution in [0.25, 0.3) is 11.1 Å². The Morgan fingerprint density at radius 1 is 1.17 bits per heavy atom. The molecule has 0 fully saturated rings. The molecule has 0 saturated heterocycles. The minimum absolute atomic E-state index is 0.0752. The fourth-order valence-corrected chi connectivity index (χ4v) is 4.95. The Bertz CT molecular complexity index is 1070. The van der Waals surface area contributed by atoms with Gasteiger partial charge in [-0.25, -0.2) is 4.39 Å². The van der Waals surface area contributed by atoms with Crippen molar-refractivity contribution in [2.45, 2.75) is 39.0 Å². The van der Waals surface area contributed by atoms with Crippen LogP contribution >= 0.6 is 11.3 Å². The van der Waals surface area contributed by atoms with Gasteiger partial charge in [-0.3, -0.25) is 4.79 Å². The minimum Gasteiger partial charge on any atom is -0.493 e. The maximum absolute atomic E-state index is 15.2. The number of rotatable bonds is 6. The number of ether oxygens (including phenoxy) is 1. The Kier molecular flexibility index (Phi) is 5.41. The van der Waals surface area contributed by atoms with Crippen molar-refractivity contribution in [2.24, 2.45) is 0 Å². The first kappa shape index (κ1) is 19.6. The zero-order valence-electron chi connectivity index (χ0n) is 16.5. The van der Waals surface area contributed by atoms with E-state index in [4.69, 9.17) is 9.84 Å². The van der Waals surface area contributed by atoms with Gasteiger partial charge >= 0.3 is 5.97 Å². The number of thiophene rings is 1. The number of hydrogen-bond donors (Lipinski definition) is 1. The van der Waals surface area contributed by atoms with E-state index >= 15 is 4.39 Å². The number of benzene rings is 2. The first-order valence-corrected chi connectivity index (χ1v) is 10.6. The Balaban J connectivity index is 1.51. The van der Waals surface area contributed by atoms with Crippen LogP contribution in [0.2, 0.25) is 0 Å². The summed E-state index contributed by atoms with van der Waals surface area (Å²) in [6.45, 7) is 4.47. The predicted octanol–water partition coefficient (Wildman–Crippen LogP) is 5.91. The molecule has 0 saturated carbocycles. The predicted molar refractivity (Wildman–Crippen MR) is 114 cm³/mol. The highest BCUT2D eigenvalue weighted by atomic mass is 32.1. The number of aryl methyl sites for hydroxylation is 4. The Labute approximate surface area is 173 Å². The van der Waals surface area contributed by atoms with Crippen LogP contribution in [0.5, 0.6) is 5.75 Å². The average molecular weight is 411 g/mol. The molecule has 0 amide bonds. The number of carboxylic acids is 1. The fourth-order valence-electron chi connectivity index (χ4n) is 4.01. The lowest BCUT2D eigenvalue weighted by Gasteiger charge is -2.10. The monoisotopic (exact) mass is 410 g/mol. The highest BCUT2D eigenvalue weighted by Crippen LogP contribution is 2.37. The summed E-state index contributed by atoms with van der Waals surface area (Å²) in [5.41, 5.74) is 4.36. The van der Waals surface area contributed by atoms with Gasteiger partial charge in [0.1, 0.15) is 11.6 Å². The normalized spacial score (nSPS) is 15.2. The fraction of sp³-hybridized carbons (Fsp3) is 0.292. The Morgan fingerprint density at radius 2 is 2.00 bits per heavy atom. The average Bonchev–Trinajstić information content (AvgIpc) is 3.22. The lowest BCUT2D eigenvalue weighted by Crippen LogP contribution is -2.07. The van der Waals surface area contributed by atoms with E-state index in [1.54, 1.807) is 11.3 Å². The van der Waals surface area contributed by atoms with Crippen LogP contribution in [0.3, 0.4) is 0 Å². The molecular formula is C24H23FO3S. The van der Waals surface area contributed by atoms with Gasteiger partial charge in [-0.1, -0.05) is 30.3 Å². The molecule has 1 aliphatic rings. The highest BCUT2D eigenvalue weighted by molar-refractivity contribution is 7.12. The SMILES string of the molecule is Cc1cc(-c2cccc(CCc3ccc4c(c3)OC[C@H]4CC(=O)O)c2F)c(C)s1. The van der Waals surface area contributed by atoms with Gasteiger partial charge in [0, 0.05) is 26.8 Å². The van der Waals surface area contributed by atoms with Crippen molar-refractivity contribution in [1.29, 1.82) is 0 Å². The molecular weight excluding hydrogens is 387 g/mol. The van der Waals surface area contributed by atoms with Crippen LogP contribution in [0.1, 0.15) is 38.8 Å². The molecule has 0 unspecified atom stereocenters. The minimum atomic E-state index is -0.818. The number of halogens is 1. The second-order valence-electron chi connectivity index (χ2n) is 7.58. The summed E-state index contributed by atoms with van der Waals surface area (Å²) in [6.07, 6.45) is 1.37. The number of aliphatic carboxylic acids is 1. The van der Waals surface area contributed by atoms with Crippen LogP contribution in [0.4, 0.5) is 4.39 Å². The number of carbonyl (C=O) groups is 1. The first-order valence-electron chi connectivity index (χ1n) is 9.74. The van der Waals surface area contributed by atoms with Crippen LogP contribution in [0.15, 0.2) is 42.5 Å². The van der Waals surface area contributed by atoms with Crippen molar-refractivity contribution in [3.8, 4) is 16.9 Å². The summed E-state index contributed by atoms with van der Waals surface area (Å²) in [5, 5.41) is 9.02. The van der Waals surface area contributed by atoms with E-state index in [2.05, 4.69) is 0 Å². The van der Waals surface area contributed by atoms with Gasteiger partial charge in [-0.2, -0.15) is 0 Å². The molecule has 4 rings (SSSR count). The molecule has 1 aliphatic heterocycles.